The molecule has 1 aliphatic heterocycles. The van der Waals surface area contributed by atoms with Crippen LogP contribution in [0.2, 0.25) is 0 Å². The minimum atomic E-state index is -0.428. The molecule has 1 atom stereocenters. The lowest BCUT2D eigenvalue weighted by atomic mass is 9.95. The van der Waals surface area contributed by atoms with E-state index in [-0.39, 0.29) is 0 Å². The first kappa shape index (κ1) is 29.2. The largest absolute Gasteiger partial charge is 0.456 e. The molecule has 1 unspecified atom stereocenters. The Balaban J connectivity index is 1.17. The van der Waals surface area contributed by atoms with Crippen LogP contribution in [0, 0.1) is 0 Å². The van der Waals surface area contributed by atoms with Crippen LogP contribution >= 0.6 is 0 Å². The van der Waals surface area contributed by atoms with Crippen molar-refractivity contribution in [3.8, 4) is 22.3 Å². The van der Waals surface area contributed by atoms with Gasteiger partial charge in [0.1, 0.15) is 23.2 Å². The van der Waals surface area contributed by atoms with Crippen LogP contribution < -0.4 is 5.32 Å². The molecule has 0 bridgehead atoms. The second-order valence-corrected chi connectivity index (χ2v) is 13.1. The molecule has 0 saturated carbocycles. The van der Waals surface area contributed by atoms with Gasteiger partial charge in [-0.25, -0.2) is 9.98 Å². The number of rotatable bonds is 5. The molecule has 0 amide bonds. The number of benzene rings is 8. The molecule has 2 heterocycles. The van der Waals surface area contributed by atoms with Gasteiger partial charge < -0.3 is 9.73 Å². The number of nitrogens with zero attached hydrogens (tertiary/aromatic N) is 2. The van der Waals surface area contributed by atoms with E-state index in [0.29, 0.717) is 5.84 Å². The van der Waals surface area contributed by atoms with Crippen LogP contribution in [0.1, 0.15) is 22.9 Å². The highest BCUT2D eigenvalue weighted by atomic mass is 16.3. The Morgan fingerprint density at radius 3 is 1.84 bits per heavy atom. The predicted molar refractivity (Wildman–Crippen MR) is 211 cm³/mol. The first-order valence-electron chi connectivity index (χ1n) is 17.3. The third-order valence-electron chi connectivity index (χ3n) is 9.88. The molecule has 4 nitrogen and oxygen atoms in total. The van der Waals surface area contributed by atoms with Crippen LogP contribution in [-0.4, -0.2) is 11.7 Å². The van der Waals surface area contributed by atoms with Crippen LogP contribution in [-0.2, 0) is 0 Å². The van der Waals surface area contributed by atoms with Crippen molar-refractivity contribution in [2.24, 2.45) is 9.98 Å². The van der Waals surface area contributed by atoms with Crippen molar-refractivity contribution in [3.63, 3.8) is 0 Å². The fraction of sp³-hybridized carbons (Fsp3) is 0.0213. The maximum absolute atomic E-state index is 6.55. The maximum atomic E-state index is 6.55. The maximum Gasteiger partial charge on any atom is 0.159 e. The number of fused-ring (bicyclic) bond motifs is 5. The lowest BCUT2D eigenvalue weighted by molar-refractivity contribution is 0.662. The molecule has 1 aromatic heterocycles. The fourth-order valence-corrected chi connectivity index (χ4v) is 7.31. The molecule has 0 radical (unpaired) electrons. The summed E-state index contributed by atoms with van der Waals surface area (Å²) >= 11 is 0. The fourth-order valence-electron chi connectivity index (χ4n) is 7.31. The molecule has 8 aromatic carbocycles. The Morgan fingerprint density at radius 1 is 0.431 bits per heavy atom. The SMILES string of the molecule is c1ccc(C2=NC(c3ccc4ccc(-c5ccccc5)cc4c3)=NC(c3cc(-c4ccc5ccccc5c4)cc4oc5ccccc5c34)N2)cc1. The van der Waals surface area contributed by atoms with Gasteiger partial charge in [-0.2, -0.15) is 0 Å². The van der Waals surface area contributed by atoms with Gasteiger partial charge in [0.2, 0.25) is 0 Å². The third kappa shape index (κ3) is 5.25. The average Bonchev–Trinajstić information content (AvgIpc) is 3.59. The van der Waals surface area contributed by atoms with E-state index in [2.05, 4.69) is 145 Å². The Hall–Kier alpha value is -6.78. The monoisotopic (exact) mass is 653 g/mol. The molecular formula is C47H31N3O. The van der Waals surface area contributed by atoms with E-state index in [4.69, 9.17) is 14.4 Å². The van der Waals surface area contributed by atoms with E-state index in [1.165, 1.54) is 27.3 Å². The number of nitrogens with one attached hydrogen (secondary N) is 1. The number of hydrogen-bond acceptors (Lipinski definition) is 4. The van der Waals surface area contributed by atoms with Crippen molar-refractivity contribution in [1.29, 1.82) is 0 Å². The Kier molecular flexibility index (Phi) is 6.85. The summed E-state index contributed by atoms with van der Waals surface area (Å²) in [7, 11) is 0. The summed E-state index contributed by atoms with van der Waals surface area (Å²) in [6.07, 6.45) is -0.428. The summed E-state index contributed by atoms with van der Waals surface area (Å²) in [6, 6.07) is 61.7. The summed E-state index contributed by atoms with van der Waals surface area (Å²) in [5, 5.41) is 10.6. The number of aliphatic imine (C=N–C) groups is 2. The molecule has 1 N–H and O–H groups in total. The smallest absolute Gasteiger partial charge is 0.159 e. The highest BCUT2D eigenvalue weighted by Gasteiger charge is 2.26. The van der Waals surface area contributed by atoms with E-state index >= 15 is 0 Å². The van der Waals surface area contributed by atoms with Crippen molar-refractivity contribution in [3.05, 3.63) is 193 Å². The van der Waals surface area contributed by atoms with Crippen LogP contribution in [0.4, 0.5) is 0 Å². The van der Waals surface area contributed by atoms with Gasteiger partial charge in [-0.05, 0) is 80.2 Å². The number of amidine groups is 2. The van der Waals surface area contributed by atoms with Crippen molar-refractivity contribution < 1.29 is 4.42 Å². The highest BCUT2D eigenvalue weighted by Crippen LogP contribution is 2.39. The van der Waals surface area contributed by atoms with Crippen molar-refractivity contribution in [1.82, 2.24) is 5.32 Å². The molecule has 1 aliphatic rings. The minimum Gasteiger partial charge on any atom is -0.456 e. The second kappa shape index (κ2) is 12.0. The normalized spacial score (nSPS) is 14.5. The van der Waals surface area contributed by atoms with Crippen LogP contribution in [0.25, 0.3) is 65.7 Å². The van der Waals surface area contributed by atoms with Gasteiger partial charge in [0.05, 0.1) is 0 Å². The highest BCUT2D eigenvalue weighted by molar-refractivity contribution is 6.15. The summed E-state index contributed by atoms with van der Waals surface area (Å²) in [5.74, 6) is 1.46. The first-order chi connectivity index (χ1) is 25.2. The lowest BCUT2D eigenvalue weighted by Crippen LogP contribution is -2.33. The molecule has 0 aliphatic carbocycles. The number of para-hydroxylation sites is 1. The van der Waals surface area contributed by atoms with Gasteiger partial charge in [-0.3, -0.25) is 0 Å². The van der Waals surface area contributed by atoms with Gasteiger partial charge in [0.25, 0.3) is 0 Å². The lowest BCUT2D eigenvalue weighted by Gasteiger charge is -2.25. The Bertz CT molecular complexity index is 2830. The molecule has 0 saturated heterocycles. The van der Waals surface area contributed by atoms with Crippen LogP contribution in [0.15, 0.2) is 190 Å². The molecule has 4 heteroatoms. The van der Waals surface area contributed by atoms with E-state index in [9.17, 15) is 0 Å². The van der Waals surface area contributed by atoms with E-state index in [1.807, 2.05) is 36.4 Å². The van der Waals surface area contributed by atoms with Gasteiger partial charge in [0.15, 0.2) is 5.84 Å². The molecule has 10 rings (SSSR count). The standard InChI is InChI=1S/C47H31N3O/c1-3-11-30(12-4-1)35-22-20-32-21-24-37(27-38(32)26-35)46-48-45(33-14-5-2-6-15-33)49-47(50-46)41-28-39(36-23-19-31-13-7-8-16-34(31)25-36)29-43-44(41)40-17-9-10-18-42(40)51-43/h1-29,47H,(H,48,49,50). The first-order valence-corrected chi connectivity index (χ1v) is 17.3. The predicted octanol–water partition coefficient (Wildman–Crippen LogP) is 11.7. The van der Waals surface area contributed by atoms with Crippen LogP contribution in [0.5, 0.6) is 0 Å². The quantitative estimate of drug-likeness (QED) is 0.201. The summed E-state index contributed by atoms with van der Waals surface area (Å²) in [5.41, 5.74) is 9.25. The van der Waals surface area contributed by atoms with Gasteiger partial charge in [-0.15, -0.1) is 0 Å². The Labute approximate surface area is 295 Å². The molecule has 0 fully saturated rings. The average molecular weight is 654 g/mol. The zero-order chi connectivity index (χ0) is 33.7. The zero-order valence-corrected chi connectivity index (χ0v) is 27.6. The second-order valence-electron chi connectivity index (χ2n) is 13.1. The van der Waals surface area contributed by atoms with E-state index in [0.717, 1.165) is 61.0 Å². The molecule has 9 aromatic rings. The van der Waals surface area contributed by atoms with Gasteiger partial charge >= 0.3 is 0 Å². The summed E-state index contributed by atoms with van der Waals surface area (Å²) < 4.78 is 6.55. The molecular weight excluding hydrogens is 623 g/mol. The molecule has 51 heavy (non-hydrogen) atoms. The summed E-state index contributed by atoms with van der Waals surface area (Å²) in [6.45, 7) is 0. The minimum absolute atomic E-state index is 0.428. The molecule has 0 spiro atoms. The summed E-state index contributed by atoms with van der Waals surface area (Å²) in [4.78, 5) is 10.5. The van der Waals surface area contributed by atoms with Gasteiger partial charge in [0, 0.05) is 27.5 Å². The van der Waals surface area contributed by atoms with Gasteiger partial charge in [-0.1, -0.05) is 140 Å². The Morgan fingerprint density at radius 2 is 1.04 bits per heavy atom. The molecule has 240 valence electrons. The third-order valence-corrected chi connectivity index (χ3v) is 9.88. The van der Waals surface area contributed by atoms with Crippen LogP contribution in [0.3, 0.4) is 0 Å². The van der Waals surface area contributed by atoms with Crippen molar-refractivity contribution >= 4 is 55.2 Å². The number of furan rings is 1. The number of hydrogen-bond donors (Lipinski definition) is 1. The van der Waals surface area contributed by atoms with E-state index < -0.39 is 6.17 Å². The van der Waals surface area contributed by atoms with Crippen molar-refractivity contribution in [2.75, 3.05) is 0 Å². The topological polar surface area (TPSA) is 49.9 Å². The van der Waals surface area contributed by atoms with E-state index in [1.54, 1.807) is 0 Å². The van der Waals surface area contributed by atoms with Crippen molar-refractivity contribution in [2.45, 2.75) is 6.17 Å². The zero-order valence-electron chi connectivity index (χ0n) is 27.6.